The van der Waals surface area contributed by atoms with Crippen molar-refractivity contribution in [3.8, 4) is 0 Å². The van der Waals surface area contributed by atoms with Gasteiger partial charge in [-0.15, -0.1) is 0 Å². The van der Waals surface area contributed by atoms with Crippen LogP contribution < -0.4 is 10.6 Å². The first kappa shape index (κ1) is 17.4. The maximum atomic E-state index is 11.7. The minimum atomic E-state index is -0.571. The highest BCUT2D eigenvalue weighted by molar-refractivity contribution is 6.03. The quantitative estimate of drug-likeness (QED) is 0.598. The number of nitrogens with one attached hydrogen (secondary N) is 2. The summed E-state index contributed by atoms with van der Waals surface area (Å²) in [5.74, 6) is -1.10. The van der Waals surface area contributed by atoms with Crippen LogP contribution in [0.1, 0.15) is 26.7 Å². The standard InChI is InChI=1S/C16H20N2O4/c1-3-6-14(19)17-12-7-5-8-13(11-12)18-15(20)9-10-16(21)22-4-2/h5,7-11H,3-4,6H2,1-2H3,(H,17,19)(H,18,20)/b10-9+. The van der Waals surface area contributed by atoms with E-state index in [0.717, 1.165) is 18.6 Å². The zero-order chi connectivity index (χ0) is 16.4. The third kappa shape index (κ3) is 6.69. The summed E-state index contributed by atoms with van der Waals surface area (Å²) in [5.41, 5.74) is 1.12. The van der Waals surface area contributed by atoms with Gasteiger partial charge in [0.1, 0.15) is 0 Å². The summed E-state index contributed by atoms with van der Waals surface area (Å²) >= 11 is 0. The van der Waals surface area contributed by atoms with E-state index in [1.807, 2.05) is 6.92 Å². The molecule has 1 aromatic rings. The van der Waals surface area contributed by atoms with Gasteiger partial charge in [-0.2, -0.15) is 0 Å². The van der Waals surface area contributed by atoms with Crippen molar-refractivity contribution in [1.82, 2.24) is 0 Å². The van der Waals surface area contributed by atoms with Crippen LogP contribution in [0.2, 0.25) is 0 Å². The van der Waals surface area contributed by atoms with E-state index in [0.29, 0.717) is 17.8 Å². The van der Waals surface area contributed by atoms with Gasteiger partial charge >= 0.3 is 5.97 Å². The van der Waals surface area contributed by atoms with Crippen molar-refractivity contribution in [2.45, 2.75) is 26.7 Å². The third-order valence-electron chi connectivity index (χ3n) is 2.55. The molecule has 22 heavy (non-hydrogen) atoms. The molecule has 0 atom stereocenters. The fourth-order valence-electron chi connectivity index (χ4n) is 1.64. The predicted molar refractivity (Wildman–Crippen MR) is 84.4 cm³/mol. The molecule has 0 aliphatic rings. The molecule has 2 N–H and O–H groups in total. The van der Waals surface area contributed by atoms with Crippen LogP contribution in [-0.4, -0.2) is 24.4 Å². The number of ether oxygens (including phenoxy) is 1. The van der Waals surface area contributed by atoms with Crippen LogP contribution in [0.25, 0.3) is 0 Å². The number of benzene rings is 1. The number of carbonyl (C=O) groups is 3. The van der Waals surface area contributed by atoms with Crippen LogP contribution >= 0.6 is 0 Å². The molecule has 0 aliphatic carbocycles. The van der Waals surface area contributed by atoms with Crippen LogP contribution in [0, 0.1) is 0 Å². The highest BCUT2D eigenvalue weighted by Gasteiger charge is 2.03. The molecule has 0 aromatic heterocycles. The second-order valence-corrected chi connectivity index (χ2v) is 4.45. The lowest BCUT2D eigenvalue weighted by molar-refractivity contribution is -0.137. The Balaban J connectivity index is 2.60. The van der Waals surface area contributed by atoms with Gasteiger partial charge in [-0.1, -0.05) is 13.0 Å². The maximum Gasteiger partial charge on any atom is 0.330 e. The van der Waals surface area contributed by atoms with Gasteiger partial charge in [-0.3, -0.25) is 9.59 Å². The Bertz CT molecular complexity index is 567. The molecule has 6 nitrogen and oxygen atoms in total. The van der Waals surface area contributed by atoms with E-state index < -0.39 is 11.9 Å². The van der Waals surface area contributed by atoms with Crippen LogP contribution in [-0.2, 0) is 19.1 Å². The topological polar surface area (TPSA) is 84.5 Å². The summed E-state index contributed by atoms with van der Waals surface area (Å²) in [7, 11) is 0. The molecule has 0 spiro atoms. The molecular weight excluding hydrogens is 284 g/mol. The monoisotopic (exact) mass is 304 g/mol. The Kier molecular flexibility index (Phi) is 7.39. The number of esters is 1. The molecule has 0 fully saturated rings. The summed E-state index contributed by atoms with van der Waals surface area (Å²) in [5, 5.41) is 5.34. The van der Waals surface area contributed by atoms with E-state index in [1.54, 1.807) is 31.2 Å². The Morgan fingerprint density at radius 1 is 1.09 bits per heavy atom. The summed E-state index contributed by atoms with van der Waals surface area (Å²) in [4.78, 5) is 34.3. The summed E-state index contributed by atoms with van der Waals surface area (Å²) in [6, 6.07) is 6.78. The van der Waals surface area contributed by atoms with Crippen molar-refractivity contribution < 1.29 is 19.1 Å². The van der Waals surface area contributed by atoms with Crippen LogP contribution in [0.15, 0.2) is 36.4 Å². The average molecular weight is 304 g/mol. The van der Waals surface area contributed by atoms with E-state index in [2.05, 4.69) is 15.4 Å². The first-order chi connectivity index (χ1) is 10.5. The number of carbonyl (C=O) groups excluding carboxylic acids is 3. The zero-order valence-corrected chi connectivity index (χ0v) is 12.7. The van der Waals surface area contributed by atoms with Gasteiger partial charge in [0.05, 0.1) is 6.61 Å². The van der Waals surface area contributed by atoms with E-state index in [9.17, 15) is 14.4 Å². The third-order valence-corrected chi connectivity index (χ3v) is 2.55. The van der Waals surface area contributed by atoms with Gasteiger partial charge in [0.25, 0.3) is 0 Å². The van der Waals surface area contributed by atoms with Crippen molar-refractivity contribution >= 4 is 29.2 Å². The van der Waals surface area contributed by atoms with Gasteiger partial charge in [0.15, 0.2) is 0 Å². The molecule has 1 rings (SSSR count). The van der Waals surface area contributed by atoms with Crippen LogP contribution in [0.4, 0.5) is 11.4 Å². The molecule has 0 aliphatic heterocycles. The van der Waals surface area contributed by atoms with Crippen LogP contribution in [0.3, 0.4) is 0 Å². The number of rotatable bonds is 7. The van der Waals surface area contributed by atoms with Crippen molar-refractivity contribution in [3.05, 3.63) is 36.4 Å². The number of anilines is 2. The number of amides is 2. The highest BCUT2D eigenvalue weighted by atomic mass is 16.5. The fraction of sp³-hybridized carbons (Fsp3) is 0.312. The smallest absolute Gasteiger partial charge is 0.330 e. The molecule has 0 saturated carbocycles. The van der Waals surface area contributed by atoms with E-state index in [4.69, 9.17) is 0 Å². The van der Waals surface area contributed by atoms with Gasteiger partial charge in [0, 0.05) is 29.9 Å². The van der Waals surface area contributed by atoms with Gasteiger partial charge in [-0.05, 0) is 31.5 Å². The molecule has 2 amide bonds. The van der Waals surface area contributed by atoms with E-state index in [-0.39, 0.29) is 12.5 Å². The van der Waals surface area contributed by atoms with Crippen molar-refractivity contribution in [3.63, 3.8) is 0 Å². The Hall–Kier alpha value is -2.63. The normalized spacial score (nSPS) is 10.3. The minimum Gasteiger partial charge on any atom is -0.463 e. The lowest BCUT2D eigenvalue weighted by Crippen LogP contribution is -2.12. The molecule has 6 heteroatoms. The largest absolute Gasteiger partial charge is 0.463 e. The highest BCUT2D eigenvalue weighted by Crippen LogP contribution is 2.15. The first-order valence-corrected chi connectivity index (χ1v) is 7.10. The van der Waals surface area contributed by atoms with E-state index >= 15 is 0 Å². The van der Waals surface area contributed by atoms with Crippen molar-refractivity contribution in [1.29, 1.82) is 0 Å². The number of hydrogen-bond donors (Lipinski definition) is 2. The van der Waals surface area contributed by atoms with Gasteiger partial charge < -0.3 is 15.4 Å². The molecular formula is C16H20N2O4. The Morgan fingerprint density at radius 3 is 2.41 bits per heavy atom. The van der Waals surface area contributed by atoms with Crippen LogP contribution in [0.5, 0.6) is 0 Å². The molecule has 0 unspecified atom stereocenters. The van der Waals surface area contributed by atoms with Gasteiger partial charge in [0.2, 0.25) is 11.8 Å². The molecule has 0 heterocycles. The second kappa shape index (κ2) is 9.33. The minimum absolute atomic E-state index is 0.0758. The molecule has 118 valence electrons. The average Bonchev–Trinajstić information content (AvgIpc) is 2.46. The molecule has 1 aromatic carbocycles. The number of hydrogen-bond acceptors (Lipinski definition) is 4. The zero-order valence-electron chi connectivity index (χ0n) is 12.7. The lowest BCUT2D eigenvalue weighted by Gasteiger charge is -2.07. The van der Waals surface area contributed by atoms with Gasteiger partial charge in [-0.25, -0.2) is 4.79 Å². The van der Waals surface area contributed by atoms with E-state index in [1.165, 1.54) is 0 Å². The summed E-state index contributed by atoms with van der Waals surface area (Å²) in [6.07, 6.45) is 3.37. The Labute approximate surface area is 129 Å². The predicted octanol–water partition coefficient (Wildman–Crippen LogP) is 2.48. The summed E-state index contributed by atoms with van der Waals surface area (Å²) in [6.45, 7) is 3.86. The first-order valence-electron chi connectivity index (χ1n) is 7.10. The Morgan fingerprint density at radius 2 is 1.77 bits per heavy atom. The SMILES string of the molecule is CCCC(=O)Nc1cccc(NC(=O)/C=C/C(=O)OCC)c1. The van der Waals surface area contributed by atoms with Crippen molar-refractivity contribution in [2.75, 3.05) is 17.2 Å². The fourth-order valence-corrected chi connectivity index (χ4v) is 1.64. The molecule has 0 saturated heterocycles. The lowest BCUT2D eigenvalue weighted by atomic mass is 10.2. The second-order valence-electron chi connectivity index (χ2n) is 4.45. The summed E-state index contributed by atoms with van der Waals surface area (Å²) < 4.78 is 4.68. The molecule has 0 radical (unpaired) electrons. The maximum absolute atomic E-state index is 11.7. The molecule has 0 bridgehead atoms. The van der Waals surface area contributed by atoms with Crippen molar-refractivity contribution in [2.24, 2.45) is 0 Å².